The summed E-state index contributed by atoms with van der Waals surface area (Å²) in [6.45, 7) is 5.26. The smallest absolute Gasteiger partial charge is 0.146 e. The molecule has 0 fully saturated rings. The molecule has 0 bridgehead atoms. The van der Waals surface area contributed by atoms with Crippen molar-refractivity contribution in [3.63, 3.8) is 0 Å². The van der Waals surface area contributed by atoms with Gasteiger partial charge in [0.05, 0.1) is 104 Å². The summed E-state index contributed by atoms with van der Waals surface area (Å²) in [7, 11) is 0. The van der Waals surface area contributed by atoms with E-state index in [9.17, 15) is 20.4 Å². The zero-order chi connectivity index (χ0) is 50.8. The lowest BCUT2D eigenvalue weighted by Gasteiger charge is -2.12. The number of aromatic hydroxyl groups is 4. The Labute approximate surface area is 459 Å². The van der Waals surface area contributed by atoms with Crippen LogP contribution in [-0.4, -0.2) is 113 Å². The van der Waals surface area contributed by atoms with Gasteiger partial charge in [0.2, 0.25) is 0 Å². The van der Waals surface area contributed by atoms with E-state index in [1.165, 1.54) is 68.0 Å². The van der Waals surface area contributed by atoms with Gasteiger partial charge >= 0.3 is 0 Å². The molecule has 8 heterocycles. The second kappa shape index (κ2) is 22.8. The number of ether oxygens (including phenoxy) is 9. The fourth-order valence-corrected chi connectivity index (χ4v) is 16.6. The molecule has 75 heavy (non-hydrogen) atoms. The summed E-state index contributed by atoms with van der Waals surface area (Å²) < 4.78 is 61.0. The zero-order valence-corrected chi connectivity index (χ0v) is 46.2. The third-order valence-electron chi connectivity index (χ3n) is 12.4. The average molecular weight is 1160 g/mol. The quantitative estimate of drug-likeness (QED) is 0.0379. The van der Waals surface area contributed by atoms with Crippen molar-refractivity contribution in [2.24, 2.45) is 0 Å². The van der Waals surface area contributed by atoms with E-state index >= 15 is 0 Å². The molecule has 0 unspecified atom stereocenters. The topological polar surface area (TPSA) is 164 Å². The highest BCUT2D eigenvalue weighted by atomic mass is 32.1. The first kappa shape index (κ1) is 50.6. The molecular formula is C54H46O13S8. The molecule has 0 saturated heterocycles. The molecule has 8 aromatic heterocycles. The van der Waals surface area contributed by atoms with Crippen LogP contribution in [0.25, 0.3) is 90.4 Å². The van der Waals surface area contributed by atoms with Gasteiger partial charge in [-0.05, 0) is 80.8 Å². The summed E-state index contributed by atoms with van der Waals surface area (Å²) in [5.41, 5.74) is 0. The molecule has 0 aliphatic heterocycles. The second-order valence-corrected chi connectivity index (χ2v) is 24.5. The minimum Gasteiger partial charge on any atom is -0.506 e. The Morgan fingerprint density at radius 3 is 0.920 bits per heavy atom. The number of hydrogen-bond acceptors (Lipinski definition) is 21. The molecule has 13 nitrogen and oxygen atoms in total. The van der Waals surface area contributed by atoms with Crippen LogP contribution in [-0.2, 0) is 23.7 Å². The number of phenolic OH excluding ortho intramolecular Hbond substituents is 4. The molecule has 0 aliphatic rings. The highest BCUT2D eigenvalue weighted by Crippen LogP contribution is 2.54. The van der Waals surface area contributed by atoms with Crippen LogP contribution < -0.4 is 18.9 Å². The van der Waals surface area contributed by atoms with Crippen molar-refractivity contribution in [3.05, 3.63) is 80.8 Å². The monoisotopic (exact) mass is 1160 g/mol. The van der Waals surface area contributed by atoms with E-state index in [0.717, 1.165) is 96.6 Å². The molecule has 21 heteroatoms. The Kier molecular flexibility index (Phi) is 15.4. The van der Waals surface area contributed by atoms with Crippen LogP contribution in [0.3, 0.4) is 0 Å². The highest BCUT2D eigenvalue weighted by Gasteiger charge is 2.24. The predicted molar refractivity (Wildman–Crippen MR) is 311 cm³/mol. The minimum absolute atomic E-state index is 0.215. The highest BCUT2D eigenvalue weighted by molar-refractivity contribution is 7.29. The number of benzene rings is 4. The average Bonchev–Trinajstić information content (AvgIpc) is 4.28. The first-order valence-corrected chi connectivity index (χ1v) is 30.8. The summed E-state index contributed by atoms with van der Waals surface area (Å²) in [4.78, 5) is 1.85. The van der Waals surface area contributed by atoms with Crippen LogP contribution in [0.15, 0.2) is 80.8 Å². The number of phenols is 4. The second-order valence-electron chi connectivity index (χ2n) is 16.9. The Balaban J connectivity index is 0.611. The molecule has 0 aliphatic carbocycles. The SMILES string of the molecule is Oc1c2ccsc2c(OCCOCCOCCOCCOc2c3ccsc3c(O)c3cc(-c4cc5c(OCCOCCOCCOc6c7ccsc7c(O)c7ccsc67)c6sccc6c(O)c5s4)sc23)c2ccsc12. The van der Waals surface area contributed by atoms with Gasteiger partial charge in [-0.25, -0.2) is 0 Å². The molecule has 388 valence electrons. The van der Waals surface area contributed by atoms with Gasteiger partial charge in [0.25, 0.3) is 0 Å². The number of rotatable bonds is 26. The van der Waals surface area contributed by atoms with Crippen molar-refractivity contribution in [1.29, 1.82) is 0 Å². The van der Waals surface area contributed by atoms with Gasteiger partial charge in [-0.15, -0.1) is 90.7 Å². The largest absolute Gasteiger partial charge is 0.506 e. The Bertz CT molecular complexity index is 3840. The minimum atomic E-state index is 0.215. The normalized spacial score (nSPS) is 12.2. The maximum Gasteiger partial charge on any atom is 0.146 e. The third kappa shape index (κ3) is 9.92. The molecular weight excluding hydrogens is 1110 g/mol. The van der Waals surface area contributed by atoms with Crippen LogP contribution >= 0.6 is 90.7 Å². The van der Waals surface area contributed by atoms with E-state index in [4.69, 9.17) is 42.6 Å². The molecule has 0 atom stereocenters. The van der Waals surface area contributed by atoms with Gasteiger partial charge in [-0.2, -0.15) is 0 Å². The van der Waals surface area contributed by atoms with Crippen LogP contribution in [0.1, 0.15) is 0 Å². The van der Waals surface area contributed by atoms with Gasteiger partial charge in [0.1, 0.15) is 72.4 Å². The lowest BCUT2D eigenvalue weighted by atomic mass is 10.1. The molecule has 0 radical (unpaired) electrons. The summed E-state index contributed by atoms with van der Waals surface area (Å²) in [6.07, 6.45) is 0. The van der Waals surface area contributed by atoms with Gasteiger partial charge in [-0.1, -0.05) is 0 Å². The molecule has 0 amide bonds. The molecule has 0 saturated carbocycles. The van der Waals surface area contributed by atoms with Crippen LogP contribution in [0.5, 0.6) is 46.0 Å². The fourth-order valence-electron chi connectivity index (χ4n) is 8.97. The molecule has 4 N–H and O–H groups in total. The lowest BCUT2D eigenvalue weighted by molar-refractivity contribution is 0.00526. The van der Waals surface area contributed by atoms with E-state index in [1.807, 2.05) is 74.7 Å². The van der Waals surface area contributed by atoms with Gasteiger partial charge in [0.15, 0.2) is 0 Å². The van der Waals surface area contributed by atoms with Gasteiger partial charge < -0.3 is 63.1 Å². The standard InChI is InChI=1S/C54H46O13S8/c55-39-29-1-21-71-51(29)43(32-4-24-68-47(32)39)64-17-13-60-9-7-59-8-10-61-15-19-66-45-34-6-26-70-49(34)42(58)35-27-37(75-54(35)45)38-28-36-46(53-31(3-23-73-53)41(57)50(36)74-38)67-20-16-63-12-11-62-14-18-65-44-33-5-25-69-48(33)40(56)30-2-22-72-52(30)44/h1-6,21-28,55-58H,7-20H2. The maximum atomic E-state index is 11.5. The predicted octanol–water partition coefficient (Wildman–Crippen LogP) is 14.9. The maximum absolute atomic E-state index is 11.5. The summed E-state index contributed by atoms with van der Waals surface area (Å²) in [5.74, 6) is 3.99. The van der Waals surface area contributed by atoms with Crippen molar-refractivity contribution in [2.45, 2.75) is 0 Å². The van der Waals surface area contributed by atoms with E-state index in [2.05, 4.69) is 6.07 Å². The summed E-state index contributed by atoms with van der Waals surface area (Å²) in [6, 6.07) is 15.7. The lowest BCUT2D eigenvalue weighted by Crippen LogP contribution is -2.14. The Hall–Kier alpha value is -5.24. The number of hydrogen-bond donors (Lipinski definition) is 4. The fraction of sp³-hybridized carbons (Fsp3) is 0.259. The molecule has 4 aromatic carbocycles. The number of thiophene rings is 8. The summed E-state index contributed by atoms with van der Waals surface area (Å²) >= 11 is 12.1. The Morgan fingerprint density at radius 1 is 0.267 bits per heavy atom. The first-order chi connectivity index (χ1) is 36.9. The van der Waals surface area contributed by atoms with Crippen LogP contribution in [0, 0.1) is 0 Å². The Morgan fingerprint density at radius 2 is 0.533 bits per heavy atom. The third-order valence-corrected chi connectivity index (χ3v) is 20.4. The van der Waals surface area contributed by atoms with Crippen molar-refractivity contribution in [3.8, 4) is 55.8 Å². The number of fused-ring (bicyclic) bond motifs is 8. The van der Waals surface area contributed by atoms with E-state index in [0.29, 0.717) is 121 Å². The molecule has 0 spiro atoms. The van der Waals surface area contributed by atoms with Crippen molar-refractivity contribution in [2.75, 3.05) is 92.5 Å². The van der Waals surface area contributed by atoms with E-state index < -0.39 is 0 Å². The van der Waals surface area contributed by atoms with E-state index in [1.54, 1.807) is 22.7 Å². The van der Waals surface area contributed by atoms with Crippen LogP contribution in [0.2, 0.25) is 0 Å². The van der Waals surface area contributed by atoms with Gasteiger partial charge in [0, 0.05) is 52.8 Å². The molecule has 12 aromatic rings. The van der Waals surface area contributed by atoms with Crippen molar-refractivity contribution >= 4 is 171 Å². The van der Waals surface area contributed by atoms with Crippen molar-refractivity contribution < 1.29 is 63.1 Å². The van der Waals surface area contributed by atoms with Gasteiger partial charge in [-0.3, -0.25) is 0 Å². The summed E-state index contributed by atoms with van der Waals surface area (Å²) in [5, 5.41) is 62.6. The molecule has 12 rings (SSSR count). The van der Waals surface area contributed by atoms with E-state index in [-0.39, 0.29) is 11.5 Å². The van der Waals surface area contributed by atoms with Crippen LogP contribution in [0.4, 0.5) is 0 Å². The van der Waals surface area contributed by atoms with Crippen molar-refractivity contribution in [1.82, 2.24) is 0 Å². The first-order valence-electron chi connectivity index (χ1n) is 23.8. The zero-order valence-electron chi connectivity index (χ0n) is 39.7.